The summed E-state index contributed by atoms with van der Waals surface area (Å²) in [6, 6.07) is 42.0. The zero-order chi connectivity index (χ0) is 67.0. The van der Waals surface area contributed by atoms with Crippen molar-refractivity contribution in [2.24, 2.45) is 30.7 Å². The third kappa shape index (κ3) is 16.4. The monoisotopic (exact) mass is 1460 g/mol. The number of aromatic hydroxyl groups is 5. The minimum atomic E-state index is -5.07. The van der Waals surface area contributed by atoms with Gasteiger partial charge in [0, 0.05) is 138 Å². The molecule has 0 bridgehead atoms. The van der Waals surface area contributed by atoms with Crippen LogP contribution in [-0.2, 0) is 65.1 Å². The molecule has 0 unspecified atom stereocenters. The molecule has 0 heterocycles. The minimum Gasteiger partial charge on any atom is -0.871 e. The van der Waals surface area contributed by atoms with Crippen molar-refractivity contribution in [1.82, 2.24) is 0 Å². The molecule has 0 saturated carbocycles. The van der Waals surface area contributed by atoms with Crippen molar-refractivity contribution in [2.75, 3.05) is 0 Å². The molecular formula is C60H37Cr2N9Na2O21S3. The van der Waals surface area contributed by atoms with E-state index < -0.39 is 99.9 Å². The molecule has 12 aromatic carbocycles. The molecule has 12 rings (SSSR count). The zero-order valence-corrected chi connectivity index (χ0v) is 58.2. The molecule has 0 atom stereocenters. The maximum Gasteiger partial charge on any atom is 1.00 e. The van der Waals surface area contributed by atoms with Crippen LogP contribution in [-0.4, -0.2) is 79.2 Å². The van der Waals surface area contributed by atoms with Crippen LogP contribution in [0.2, 0.25) is 0 Å². The fourth-order valence-electron chi connectivity index (χ4n) is 9.68. The van der Waals surface area contributed by atoms with Crippen LogP contribution in [0.4, 0.5) is 51.2 Å². The topological polar surface area (TPSA) is 494 Å². The van der Waals surface area contributed by atoms with Crippen molar-refractivity contribution in [3.63, 3.8) is 0 Å². The van der Waals surface area contributed by atoms with Gasteiger partial charge in [0.1, 0.15) is 77.1 Å². The minimum absolute atomic E-state index is 0. The number of benzene rings is 12. The van der Waals surface area contributed by atoms with Gasteiger partial charge in [0.2, 0.25) is 0 Å². The molecule has 0 fully saturated rings. The first-order chi connectivity index (χ1) is 44.0. The Morgan fingerprint density at radius 1 is 0.320 bits per heavy atom. The number of azo groups is 3. The number of hydrogen-bond acceptors (Lipinski definition) is 25. The summed E-state index contributed by atoms with van der Waals surface area (Å²) in [5, 5.41) is 124. The van der Waals surface area contributed by atoms with Crippen LogP contribution in [0.1, 0.15) is 0 Å². The number of hydrogen-bond donors (Lipinski definition) is 7. The maximum absolute atomic E-state index is 12.3. The van der Waals surface area contributed by atoms with Gasteiger partial charge in [-0.3, -0.25) is 39.4 Å². The number of fused-ring (bicyclic) bond motifs is 6. The van der Waals surface area contributed by atoms with E-state index in [1.54, 1.807) is 91.0 Å². The molecule has 0 aliphatic heterocycles. The van der Waals surface area contributed by atoms with E-state index in [0.717, 1.165) is 70.8 Å². The Kier molecular flexibility index (Phi) is 24.5. The van der Waals surface area contributed by atoms with Gasteiger partial charge in [-0.15, -0.1) is 25.6 Å². The van der Waals surface area contributed by atoms with Gasteiger partial charge in [-0.2, -0.15) is 21.9 Å². The number of non-ortho nitro benzene ring substituents is 3. The second-order valence-electron chi connectivity index (χ2n) is 19.6. The third-order valence-electron chi connectivity index (χ3n) is 13.9. The molecule has 0 amide bonds. The van der Waals surface area contributed by atoms with Gasteiger partial charge in [-0.1, -0.05) is 103 Å². The number of phenolic OH excluding ortho intramolecular Hbond substituents is 5. The van der Waals surface area contributed by atoms with E-state index in [9.17, 15) is 99.9 Å². The average molecular weight is 1470 g/mol. The largest absolute Gasteiger partial charge is 1.00 e. The second kappa shape index (κ2) is 30.9. The Morgan fingerprint density at radius 2 is 0.588 bits per heavy atom. The van der Waals surface area contributed by atoms with Crippen molar-refractivity contribution in [1.29, 1.82) is 0 Å². The molecule has 480 valence electrons. The van der Waals surface area contributed by atoms with E-state index in [2.05, 4.69) is 30.7 Å². The van der Waals surface area contributed by atoms with Crippen molar-refractivity contribution in [2.45, 2.75) is 14.7 Å². The molecule has 0 radical (unpaired) electrons. The van der Waals surface area contributed by atoms with Crippen molar-refractivity contribution in [3.05, 3.63) is 212 Å². The quantitative estimate of drug-likeness (QED) is 0.0200. The molecule has 30 nitrogen and oxygen atoms in total. The average Bonchev–Trinajstić information content (AvgIpc) is 0.772. The fourth-order valence-corrected chi connectivity index (χ4v) is 11.8. The number of nitrogens with zero attached hydrogens (tertiary/aromatic N) is 9. The smallest absolute Gasteiger partial charge is 0.871 e. The van der Waals surface area contributed by atoms with Gasteiger partial charge >= 0.3 is 59.1 Å². The summed E-state index contributed by atoms with van der Waals surface area (Å²) in [7, 11) is -14.7. The molecule has 0 aromatic heterocycles. The molecule has 12 aromatic rings. The van der Waals surface area contributed by atoms with Crippen molar-refractivity contribution < 1.29 is 178 Å². The second-order valence-corrected chi connectivity index (χ2v) is 23.8. The molecule has 0 spiro atoms. The normalized spacial score (nSPS) is 11.5. The summed E-state index contributed by atoms with van der Waals surface area (Å²) >= 11 is 0. The standard InChI is InChI=1S/3C20H13N3O7S.2Cr.2Na/c3*24-16-8-5-11-3-1-2-4-13(11)19(16)21-22-20-14-7-6-12(23(26)27)9-15(14)18(10-17(20)25)31(28,29)30;;;;/h3*1-10,24-25H,(H,28,29,30);;;;/q;;;;;2*+1/p-2. The molecule has 0 aliphatic rings. The van der Waals surface area contributed by atoms with Crippen LogP contribution < -0.4 is 64.2 Å². The van der Waals surface area contributed by atoms with E-state index >= 15 is 0 Å². The van der Waals surface area contributed by atoms with Gasteiger partial charge in [0.15, 0.2) is 0 Å². The van der Waals surface area contributed by atoms with Crippen LogP contribution >= 0.6 is 0 Å². The van der Waals surface area contributed by atoms with Crippen LogP contribution in [0.15, 0.2) is 227 Å². The van der Waals surface area contributed by atoms with Gasteiger partial charge in [-0.25, -0.2) is 8.42 Å². The SMILES string of the molecule is O=[N+]([O-])c1ccc2c(N=Nc3c(O)ccc4ccccc34)c(O)cc(S(=O)(=O)O)c2c1.O=[N+]([O-])c1ccc2c(N=Nc3c(O)ccc4ccccc34)c(O)cc(S(=O)(=O)O)c2c1.O=[N+]([O-])c1ccc2c(N=Nc3c([O-])ccc4ccccc34)c(O)cc(S(=O)(=O)[O-])c2c1.[Cr].[Cr].[Na+].[Na+]. The van der Waals surface area contributed by atoms with Crippen molar-refractivity contribution >= 4 is 146 Å². The van der Waals surface area contributed by atoms with E-state index in [-0.39, 0.29) is 172 Å². The Balaban J connectivity index is 0.000000225. The summed E-state index contributed by atoms with van der Waals surface area (Å²) < 4.78 is 101. The molecular weight excluding hydrogens is 1430 g/mol. The van der Waals surface area contributed by atoms with Crippen LogP contribution in [0.3, 0.4) is 0 Å². The molecule has 0 saturated heterocycles. The summed E-state index contributed by atoms with van der Waals surface area (Å²) in [5.74, 6) is -2.71. The zero-order valence-electron chi connectivity index (χ0n) is 49.2. The summed E-state index contributed by atoms with van der Waals surface area (Å²) in [6.45, 7) is 0. The van der Waals surface area contributed by atoms with Gasteiger partial charge in [-0.05, 0) is 46.5 Å². The Morgan fingerprint density at radius 3 is 0.897 bits per heavy atom. The van der Waals surface area contributed by atoms with E-state index in [0.29, 0.717) is 22.2 Å². The predicted octanol–water partition coefficient (Wildman–Crippen LogP) is 7.95. The molecule has 97 heavy (non-hydrogen) atoms. The Hall–Kier alpha value is -9.21. The first kappa shape index (κ1) is 76.8. The van der Waals surface area contributed by atoms with Crippen LogP contribution in [0.5, 0.6) is 34.5 Å². The Labute approximate surface area is 610 Å². The van der Waals surface area contributed by atoms with Crippen molar-refractivity contribution in [3.8, 4) is 34.5 Å². The first-order valence-corrected chi connectivity index (χ1v) is 30.4. The van der Waals surface area contributed by atoms with Gasteiger partial charge < -0.3 is 35.2 Å². The number of rotatable bonds is 12. The third-order valence-corrected chi connectivity index (χ3v) is 16.6. The van der Waals surface area contributed by atoms with E-state index in [4.69, 9.17) is 0 Å². The fraction of sp³-hybridized carbons (Fsp3) is 0. The predicted molar refractivity (Wildman–Crippen MR) is 332 cm³/mol. The summed E-state index contributed by atoms with van der Waals surface area (Å²) in [5.41, 5.74) is -1.69. The molecule has 0 aliphatic carbocycles. The number of nitro groups is 3. The Bertz CT molecular complexity index is 5120. The number of nitro benzene ring substituents is 3. The molecule has 37 heteroatoms. The van der Waals surface area contributed by atoms with Crippen LogP contribution in [0, 0.1) is 30.3 Å². The van der Waals surface area contributed by atoms with Gasteiger partial charge in [0.25, 0.3) is 37.3 Å². The van der Waals surface area contributed by atoms with Gasteiger partial charge in [0.05, 0.1) is 25.4 Å². The first-order valence-electron chi connectivity index (χ1n) is 26.1. The maximum atomic E-state index is 12.3. The summed E-state index contributed by atoms with van der Waals surface area (Å²) in [6.07, 6.45) is 0. The summed E-state index contributed by atoms with van der Waals surface area (Å²) in [4.78, 5) is 28.8. The number of phenols is 5. The van der Waals surface area contributed by atoms with E-state index in [1.165, 1.54) is 30.3 Å². The van der Waals surface area contributed by atoms with E-state index in [1.807, 2.05) is 0 Å². The molecule has 7 N–H and O–H groups in total. The van der Waals surface area contributed by atoms with Crippen LogP contribution in [0.25, 0.3) is 64.6 Å².